The zero-order valence-electron chi connectivity index (χ0n) is 20.6. The van der Waals surface area contributed by atoms with Crippen LogP contribution in [0.3, 0.4) is 0 Å². The third kappa shape index (κ3) is 5.69. The summed E-state index contributed by atoms with van der Waals surface area (Å²) >= 11 is 13.0. The van der Waals surface area contributed by atoms with Crippen LogP contribution in [0.4, 0.5) is 22.7 Å². The van der Waals surface area contributed by atoms with Crippen LogP contribution in [0.2, 0.25) is 10.0 Å². The average Bonchev–Trinajstić information content (AvgIpc) is 3.41. The summed E-state index contributed by atoms with van der Waals surface area (Å²) in [5.41, 5.74) is 2.35. The number of anilines is 2. The van der Waals surface area contributed by atoms with Crippen molar-refractivity contribution in [3.63, 3.8) is 0 Å². The summed E-state index contributed by atoms with van der Waals surface area (Å²) in [6.45, 7) is 0. The number of aromatic amines is 1. The van der Waals surface area contributed by atoms with E-state index in [0.717, 1.165) is 0 Å². The molecular formula is C27H16Cl2N6O6. The van der Waals surface area contributed by atoms with Gasteiger partial charge in [-0.1, -0.05) is 23.2 Å². The van der Waals surface area contributed by atoms with Gasteiger partial charge in [0, 0.05) is 41.0 Å². The zero-order valence-corrected chi connectivity index (χ0v) is 22.1. The fraction of sp³-hybridized carbons (Fsp3) is 0. The van der Waals surface area contributed by atoms with Gasteiger partial charge in [-0.25, -0.2) is 4.98 Å². The average molecular weight is 591 g/mol. The van der Waals surface area contributed by atoms with Crippen LogP contribution in [0.1, 0.15) is 20.7 Å². The molecule has 2 amide bonds. The van der Waals surface area contributed by atoms with Gasteiger partial charge in [0.1, 0.15) is 11.3 Å². The number of halogens is 2. The van der Waals surface area contributed by atoms with Gasteiger partial charge in [0.05, 0.1) is 36.8 Å². The van der Waals surface area contributed by atoms with E-state index in [2.05, 4.69) is 20.6 Å². The molecule has 0 bridgehead atoms. The van der Waals surface area contributed by atoms with E-state index in [-0.39, 0.29) is 32.5 Å². The molecule has 0 aliphatic heterocycles. The van der Waals surface area contributed by atoms with Crippen molar-refractivity contribution in [2.24, 2.45) is 0 Å². The van der Waals surface area contributed by atoms with Gasteiger partial charge in [0.2, 0.25) is 0 Å². The molecule has 0 spiro atoms. The molecule has 5 rings (SSSR count). The van der Waals surface area contributed by atoms with Crippen LogP contribution in [0.5, 0.6) is 0 Å². The van der Waals surface area contributed by atoms with E-state index in [0.29, 0.717) is 33.8 Å². The van der Waals surface area contributed by atoms with E-state index in [9.17, 15) is 29.8 Å². The fourth-order valence-electron chi connectivity index (χ4n) is 3.90. The Bertz CT molecular complexity index is 1860. The maximum atomic E-state index is 12.6. The Labute approximate surface area is 240 Å². The van der Waals surface area contributed by atoms with Crippen molar-refractivity contribution < 1.29 is 19.4 Å². The number of rotatable bonds is 7. The van der Waals surface area contributed by atoms with Crippen molar-refractivity contribution in [1.29, 1.82) is 0 Å². The van der Waals surface area contributed by atoms with E-state index in [1.807, 2.05) is 0 Å². The summed E-state index contributed by atoms with van der Waals surface area (Å²) in [5, 5.41) is 27.4. The molecule has 3 N–H and O–H groups in total. The third-order valence-electron chi connectivity index (χ3n) is 6.01. The molecule has 0 unspecified atom stereocenters. The van der Waals surface area contributed by atoms with E-state index in [1.165, 1.54) is 48.5 Å². The number of hydrogen-bond acceptors (Lipinski definition) is 7. The van der Waals surface area contributed by atoms with Crippen molar-refractivity contribution in [1.82, 2.24) is 9.97 Å². The predicted octanol–water partition coefficient (Wildman–Crippen LogP) is 6.86. The lowest BCUT2D eigenvalue weighted by Gasteiger charge is -2.08. The van der Waals surface area contributed by atoms with Crippen LogP contribution in [-0.4, -0.2) is 31.6 Å². The van der Waals surface area contributed by atoms with Crippen molar-refractivity contribution in [3.05, 3.63) is 120 Å². The summed E-state index contributed by atoms with van der Waals surface area (Å²) in [6, 6.07) is 18.5. The molecule has 204 valence electrons. The number of fused-ring (bicyclic) bond motifs is 1. The highest BCUT2D eigenvalue weighted by Gasteiger charge is 2.17. The number of carbonyl (C=O) groups excluding carboxylic acids is 2. The quantitative estimate of drug-likeness (QED) is 0.137. The number of amides is 2. The molecular weight excluding hydrogens is 575 g/mol. The first-order chi connectivity index (χ1) is 19.6. The minimum absolute atomic E-state index is 0.131. The van der Waals surface area contributed by atoms with Gasteiger partial charge in [-0.15, -0.1) is 0 Å². The maximum Gasteiger partial charge on any atom is 0.269 e. The second-order valence-corrected chi connectivity index (χ2v) is 9.40. The number of nitro groups is 2. The molecule has 1 aromatic heterocycles. The third-order valence-corrected chi connectivity index (χ3v) is 6.71. The highest BCUT2D eigenvalue weighted by Crippen LogP contribution is 2.34. The standard InChI is InChI=1S/C27H16Cl2N6O6/c28-19-13-16(5-10-20(19)31-26(36)14-1-6-17(7-2-14)34(38)39)25-30-22-12-11-21(23(29)24(22)33-25)32-27(37)15-3-8-18(9-4-15)35(40)41/h1-13H,(H,30,33)(H,31,36)(H,32,37). The molecule has 0 fully saturated rings. The van der Waals surface area contributed by atoms with Gasteiger partial charge in [-0.2, -0.15) is 0 Å². The predicted molar refractivity (Wildman–Crippen MR) is 154 cm³/mol. The summed E-state index contributed by atoms with van der Waals surface area (Å²) < 4.78 is 0. The number of nitrogens with zero attached hydrogens (tertiary/aromatic N) is 3. The first-order valence-electron chi connectivity index (χ1n) is 11.7. The van der Waals surface area contributed by atoms with Gasteiger partial charge in [0.15, 0.2) is 0 Å². The number of nitrogens with one attached hydrogen (secondary N) is 3. The van der Waals surface area contributed by atoms with E-state index in [4.69, 9.17) is 23.2 Å². The van der Waals surface area contributed by atoms with Crippen LogP contribution in [0, 0.1) is 20.2 Å². The van der Waals surface area contributed by atoms with Crippen molar-refractivity contribution in [2.45, 2.75) is 0 Å². The number of hydrogen-bond donors (Lipinski definition) is 3. The number of benzene rings is 4. The Hall–Kier alpha value is -5.33. The Balaban J connectivity index is 1.33. The van der Waals surface area contributed by atoms with Crippen LogP contribution in [0.15, 0.2) is 78.9 Å². The summed E-state index contributed by atoms with van der Waals surface area (Å²) in [6.07, 6.45) is 0. The molecule has 1 heterocycles. The van der Waals surface area contributed by atoms with E-state index < -0.39 is 21.7 Å². The number of carbonyl (C=O) groups is 2. The lowest BCUT2D eigenvalue weighted by molar-refractivity contribution is -0.385. The molecule has 12 nitrogen and oxygen atoms in total. The Morgan fingerprint density at radius 2 is 1.24 bits per heavy atom. The van der Waals surface area contributed by atoms with Crippen LogP contribution in [0.25, 0.3) is 22.4 Å². The number of H-pyrrole nitrogens is 1. The Kier molecular flexibility index (Phi) is 7.34. The topological polar surface area (TPSA) is 173 Å². The molecule has 0 radical (unpaired) electrons. The molecule has 0 aliphatic rings. The smallest absolute Gasteiger partial charge is 0.269 e. The molecule has 0 saturated heterocycles. The largest absolute Gasteiger partial charge is 0.338 e. The SMILES string of the molecule is O=C(Nc1ccc(-c2nc3c(Cl)c(NC(=O)c4ccc([N+](=O)[O-])cc4)ccc3[nH]2)cc1Cl)c1ccc([N+](=O)[O-])cc1. The lowest BCUT2D eigenvalue weighted by atomic mass is 10.1. The molecule has 5 aromatic rings. The summed E-state index contributed by atoms with van der Waals surface area (Å²) in [5.74, 6) is -0.570. The monoisotopic (exact) mass is 590 g/mol. The van der Waals surface area contributed by atoms with Gasteiger partial charge in [0.25, 0.3) is 23.2 Å². The molecule has 4 aromatic carbocycles. The van der Waals surface area contributed by atoms with Crippen LogP contribution < -0.4 is 10.6 Å². The van der Waals surface area contributed by atoms with E-state index >= 15 is 0 Å². The molecule has 14 heteroatoms. The van der Waals surface area contributed by atoms with Crippen LogP contribution >= 0.6 is 23.2 Å². The van der Waals surface area contributed by atoms with Gasteiger partial charge in [-0.05, 0) is 54.6 Å². The zero-order chi connectivity index (χ0) is 29.3. The summed E-state index contributed by atoms with van der Waals surface area (Å²) in [4.78, 5) is 53.4. The minimum atomic E-state index is -0.555. The second kappa shape index (κ2) is 11.0. The fourth-order valence-corrected chi connectivity index (χ4v) is 4.38. The number of non-ortho nitro benzene ring substituents is 2. The van der Waals surface area contributed by atoms with Crippen LogP contribution in [-0.2, 0) is 0 Å². The highest BCUT2D eigenvalue weighted by atomic mass is 35.5. The highest BCUT2D eigenvalue weighted by molar-refractivity contribution is 6.38. The van der Waals surface area contributed by atoms with Gasteiger partial charge in [-0.3, -0.25) is 29.8 Å². The van der Waals surface area contributed by atoms with Gasteiger partial charge < -0.3 is 15.6 Å². The van der Waals surface area contributed by atoms with E-state index in [1.54, 1.807) is 30.3 Å². The second-order valence-electron chi connectivity index (χ2n) is 8.62. The summed E-state index contributed by atoms with van der Waals surface area (Å²) in [7, 11) is 0. The van der Waals surface area contributed by atoms with Gasteiger partial charge >= 0.3 is 0 Å². The first-order valence-corrected chi connectivity index (χ1v) is 12.5. The molecule has 41 heavy (non-hydrogen) atoms. The normalized spacial score (nSPS) is 10.8. The van der Waals surface area contributed by atoms with Crippen molar-refractivity contribution in [3.8, 4) is 11.4 Å². The number of imidazole rings is 1. The number of aromatic nitrogens is 2. The molecule has 0 saturated carbocycles. The first kappa shape index (κ1) is 27.2. The number of nitro benzene ring substituents is 2. The van der Waals surface area contributed by atoms with Crippen molar-refractivity contribution in [2.75, 3.05) is 10.6 Å². The lowest BCUT2D eigenvalue weighted by Crippen LogP contribution is -2.12. The Morgan fingerprint density at radius 3 is 1.76 bits per heavy atom. The Morgan fingerprint density at radius 1 is 0.732 bits per heavy atom. The molecule has 0 aliphatic carbocycles. The maximum absolute atomic E-state index is 12.6. The minimum Gasteiger partial charge on any atom is -0.338 e. The molecule has 0 atom stereocenters. The van der Waals surface area contributed by atoms with Crippen molar-refractivity contribution >= 4 is 68.8 Å².